The molecule has 1 fully saturated rings. The van der Waals surface area contributed by atoms with Crippen LogP contribution in [-0.2, 0) is 37.6 Å². The van der Waals surface area contributed by atoms with Crippen molar-refractivity contribution in [3.05, 3.63) is 51.6 Å². The molecule has 1 aromatic heterocycles. The van der Waals surface area contributed by atoms with Crippen molar-refractivity contribution in [2.45, 2.75) is 50.1 Å². The molecule has 2 aliphatic heterocycles. The zero-order valence-corrected chi connectivity index (χ0v) is 23.7. The lowest BCUT2D eigenvalue weighted by molar-refractivity contribution is -0.132. The van der Waals surface area contributed by atoms with Gasteiger partial charge in [0.05, 0.1) is 12.9 Å². The molecule has 0 saturated heterocycles. The van der Waals surface area contributed by atoms with Gasteiger partial charge in [-0.2, -0.15) is 8.42 Å². The van der Waals surface area contributed by atoms with Gasteiger partial charge < -0.3 is 20.1 Å². The van der Waals surface area contributed by atoms with E-state index in [0.717, 1.165) is 41.6 Å². The number of rotatable bonds is 7. The zero-order valence-electron chi connectivity index (χ0n) is 21.2. The van der Waals surface area contributed by atoms with Crippen LogP contribution >= 0.6 is 11.3 Å². The van der Waals surface area contributed by atoms with Crippen LogP contribution in [0.5, 0.6) is 5.75 Å². The van der Waals surface area contributed by atoms with E-state index in [0.29, 0.717) is 24.3 Å². The third-order valence-corrected chi connectivity index (χ3v) is 10.8. The van der Waals surface area contributed by atoms with Gasteiger partial charge in [0, 0.05) is 24.8 Å². The number of nitrogens with one attached hydrogen (secondary N) is 1. The summed E-state index contributed by atoms with van der Waals surface area (Å²) in [6, 6.07) is 5.42. The number of hydrogen-bond acceptors (Lipinski definition) is 9. The summed E-state index contributed by atoms with van der Waals surface area (Å²) in [6.45, 7) is 2.23. The summed E-state index contributed by atoms with van der Waals surface area (Å²) in [4.78, 5) is 15.5. The SMILES string of the molecule is COc1ccc(CN2C(=O)C(C3=NS(=O)(=O)c4c(CCS(C)(=O)=O)csc4N3)=C(O)[C@@H]3CCC[C@@H]32)c(C)c1. The van der Waals surface area contributed by atoms with E-state index in [1.165, 1.54) is 0 Å². The summed E-state index contributed by atoms with van der Waals surface area (Å²) in [5.74, 6) is -0.641. The first-order valence-electron chi connectivity index (χ1n) is 12.2. The molecule has 13 heteroatoms. The summed E-state index contributed by atoms with van der Waals surface area (Å²) in [5.41, 5.74) is 2.09. The normalized spacial score (nSPS) is 22.6. The smallest absolute Gasteiger partial charge is 0.287 e. The molecule has 10 nitrogen and oxygen atoms in total. The number of anilines is 1. The number of carbonyl (C=O) groups is 1. The predicted molar refractivity (Wildman–Crippen MR) is 145 cm³/mol. The number of hydrogen-bond donors (Lipinski definition) is 2. The van der Waals surface area contributed by atoms with Crippen LogP contribution in [0.15, 0.2) is 44.2 Å². The topological polar surface area (TPSA) is 142 Å². The molecule has 1 saturated carbocycles. The molecule has 2 atom stereocenters. The minimum atomic E-state index is -4.24. The van der Waals surface area contributed by atoms with Crippen molar-refractivity contribution in [1.82, 2.24) is 4.90 Å². The highest BCUT2D eigenvalue weighted by atomic mass is 32.2. The molecule has 3 aliphatic rings. The first-order chi connectivity index (χ1) is 17.9. The molecule has 0 unspecified atom stereocenters. The number of carbonyl (C=O) groups excluding carboxylic acids is 1. The van der Waals surface area contributed by atoms with Gasteiger partial charge in [0.1, 0.15) is 36.8 Å². The molecule has 1 amide bonds. The number of thiophene rings is 1. The summed E-state index contributed by atoms with van der Waals surface area (Å²) in [6.07, 6.45) is 3.36. The number of sulfonamides is 1. The Morgan fingerprint density at radius 2 is 2.03 bits per heavy atom. The fourth-order valence-electron chi connectivity index (χ4n) is 5.41. The lowest BCUT2D eigenvalue weighted by Gasteiger charge is -2.39. The lowest BCUT2D eigenvalue weighted by atomic mass is 9.89. The van der Waals surface area contributed by atoms with Crippen molar-refractivity contribution in [3.8, 4) is 5.75 Å². The molecule has 1 aromatic carbocycles. The van der Waals surface area contributed by atoms with Gasteiger partial charge >= 0.3 is 0 Å². The van der Waals surface area contributed by atoms with Gasteiger partial charge in [-0.15, -0.1) is 15.7 Å². The van der Waals surface area contributed by atoms with Crippen LogP contribution in [0.25, 0.3) is 0 Å². The second kappa shape index (κ2) is 9.69. The first-order valence-corrected chi connectivity index (χ1v) is 16.6. The van der Waals surface area contributed by atoms with Crippen LogP contribution in [-0.4, -0.2) is 63.7 Å². The third kappa shape index (κ3) is 4.82. The van der Waals surface area contributed by atoms with Crippen molar-refractivity contribution < 1.29 is 31.5 Å². The maximum Gasteiger partial charge on any atom is 0.287 e. The second-order valence-corrected chi connectivity index (χ2v) is 14.6. The molecule has 1 aliphatic carbocycles. The number of benzene rings is 1. The number of fused-ring (bicyclic) bond motifs is 2. The zero-order chi connectivity index (χ0) is 27.4. The van der Waals surface area contributed by atoms with Crippen LogP contribution < -0.4 is 10.1 Å². The Hall–Kier alpha value is -2.90. The molecule has 5 rings (SSSR count). The number of ether oxygens (including phenoxy) is 1. The number of nitrogens with zero attached hydrogens (tertiary/aromatic N) is 2. The van der Waals surface area contributed by atoms with E-state index in [4.69, 9.17) is 4.74 Å². The van der Waals surface area contributed by atoms with E-state index in [1.807, 2.05) is 25.1 Å². The van der Waals surface area contributed by atoms with E-state index >= 15 is 0 Å². The highest BCUT2D eigenvalue weighted by Crippen LogP contribution is 2.43. The highest BCUT2D eigenvalue weighted by molar-refractivity contribution is 7.91. The number of methoxy groups -OCH3 is 1. The van der Waals surface area contributed by atoms with Crippen molar-refractivity contribution in [1.29, 1.82) is 0 Å². The standard InChI is InChI=1S/C25H29N3O7S3/c1-14-11-17(35-2)8-7-15(14)12-28-19-6-4-5-18(19)21(29)20(25(28)30)23-26-24-22(38(33,34)27-23)16(13-36-24)9-10-37(3,31)32/h7-8,11,13,18-19,29H,4-6,9-10,12H2,1-3H3,(H,26,27)/t18-,19+/m1/s1. The summed E-state index contributed by atoms with van der Waals surface area (Å²) >= 11 is 1.10. The van der Waals surface area contributed by atoms with E-state index in [9.17, 15) is 26.7 Å². The monoisotopic (exact) mass is 579 g/mol. The van der Waals surface area contributed by atoms with Gasteiger partial charge in [-0.1, -0.05) is 12.5 Å². The van der Waals surface area contributed by atoms with Gasteiger partial charge in [0.2, 0.25) is 0 Å². The third-order valence-electron chi connectivity index (χ3n) is 7.35. The second-order valence-electron chi connectivity index (χ2n) is 9.93. The van der Waals surface area contributed by atoms with E-state index < -0.39 is 25.8 Å². The van der Waals surface area contributed by atoms with Crippen LogP contribution in [0, 0.1) is 12.8 Å². The van der Waals surface area contributed by atoms with E-state index in [-0.39, 0.29) is 51.2 Å². The van der Waals surface area contributed by atoms with Gasteiger partial charge in [-0.3, -0.25) is 4.79 Å². The quantitative estimate of drug-likeness (QED) is 0.509. The maximum atomic E-state index is 13.9. The van der Waals surface area contributed by atoms with E-state index in [1.54, 1.807) is 17.4 Å². The number of amidine groups is 1. The molecule has 2 aromatic rings. The predicted octanol–water partition coefficient (Wildman–Crippen LogP) is 3.19. The highest BCUT2D eigenvalue weighted by Gasteiger charge is 2.47. The van der Waals surface area contributed by atoms with Gasteiger partial charge in [0.15, 0.2) is 5.84 Å². The maximum absolute atomic E-state index is 13.9. The summed E-state index contributed by atoms with van der Waals surface area (Å²) < 4.78 is 58.9. The average Bonchev–Trinajstić information content (AvgIpc) is 3.48. The largest absolute Gasteiger partial charge is 0.511 e. The summed E-state index contributed by atoms with van der Waals surface area (Å²) in [7, 11) is -5.95. The van der Waals surface area contributed by atoms with Crippen LogP contribution in [0.2, 0.25) is 0 Å². The molecule has 2 N–H and O–H groups in total. The molecule has 204 valence electrons. The molecule has 3 heterocycles. The Balaban J connectivity index is 1.50. The average molecular weight is 580 g/mol. The number of aliphatic hydroxyl groups excluding tert-OH is 1. The minimum Gasteiger partial charge on any atom is -0.511 e. The Labute approximate surface area is 226 Å². The van der Waals surface area contributed by atoms with Crippen molar-refractivity contribution in [2.24, 2.45) is 10.3 Å². The minimum absolute atomic E-state index is 0.0298. The van der Waals surface area contributed by atoms with Gasteiger partial charge in [0.25, 0.3) is 15.9 Å². The van der Waals surface area contributed by atoms with Crippen molar-refractivity contribution in [3.63, 3.8) is 0 Å². The lowest BCUT2D eigenvalue weighted by Crippen LogP contribution is -2.49. The Kier molecular flexibility index (Phi) is 6.81. The van der Waals surface area contributed by atoms with Crippen molar-refractivity contribution in [2.75, 3.05) is 24.4 Å². The molecule has 0 spiro atoms. The van der Waals surface area contributed by atoms with Crippen LogP contribution in [0.4, 0.5) is 5.00 Å². The van der Waals surface area contributed by atoms with Crippen molar-refractivity contribution >= 4 is 47.9 Å². The van der Waals surface area contributed by atoms with Gasteiger partial charge in [-0.05, 0) is 60.4 Å². The summed E-state index contributed by atoms with van der Waals surface area (Å²) in [5, 5.41) is 16.0. The fraction of sp³-hybridized carbons (Fsp3) is 0.440. The van der Waals surface area contributed by atoms with Crippen LogP contribution in [0.3, 0.4) is 0 Å². The number of aryl methyl sites for hydroxylation is 2. The Morgan fingerprint density at radius 3 is 2.71 bits per heavy atom. The molecule has 38 heavy (non-hydrogen) atoms. The molecule has 0 radical (unpaired) electrons. The fourth-order valence-corrected chi connectivity index (χ4v) is 8.67. The van der Waals surface area contributed by atoms with E-state index in [2.05, 4.69) is 9.71 Å². The Bertz CT molecular complexity index is 1590. The molecular weight excluding hydrogens is 550 g/mol. The van der Waals surface area contributed by atoms with Crippen LogP contribution in [0.1, 0.15) is 36.0 Å². The number of sulfone groups is 1. The number of aliphatic hydroxyl groups is 1. The molecular formula is C25H29N3O7S3. The number of amides is 1. The Morgan fingerprint density at radius 1 is 1.26 bits per heavy atom. The molecule has 0 bridgehead atoms. The first kappa shape index (κ1) is 26.7. The van der Waals surface area contributed by atoms with Gasteiger partial charge in [-0.25, -0.2) is 8.42 Å².